The number of aromatic nitrogens is 3. The van der Waals surface area contributed by atoms with Gasteiger partial charge < -0.3 is 10.6 Å². The van der Waals surface area contributed by atoms with E-state index in [0.29, 0.717) is 18.5 Å². The van der Waals surface area contributed by atoms with Crippen LogP contribution in [0.2, 0.25) is 0 Å². The summed E-state index contributed by atoms with van der Waals surface area (Å²) in [6.45, 7) is 6.41. The lowest BCUT2D eigenvalue weighted by Crippen LogP contribution is -2.48. The Morgan fingerprint density at radius 3 is 2.91 bits per heavy atom. The number of nitrogens with one attached hydrogen (secondary N) is 2. The second kappa shape index (κ2) is 5.64. The zero-order chi connectivity index (χ0) is 16.6. The number of carbonyl (C=O) groups excluding carboxylic acids is 2. The maximum Gasteiger partial charge on any atom is 0.252 e. The molecule has 0 radical (unpaired) electrons. The lowest BCUT2D eigenvalue weighted by molar-refractivity contribution is -0.119. The minimum Gasteiger partial charge on any atom is -0.350 e. The van der Waals surface area contributed by atoms with Gasteiger partial charge in [-0.05, 0) is 33.3 Å². The largest absolute Gasteiger partial charge is 0.350 e. The van der Waals surface area contributed by atoms with Crippen LogP contribution < -0.4 is 10.6 Å². The molecule has 2 aromatic heterocycles. The summed E-state index contributed by atoms with van der Waals surface area (Å²) >= 11 is 0. The Morgan fingerprint density at radius 2 is 2.26 bits per heavy atom. The van der Waals surface area contributed by atoms with E-state index in [9.17, 15) is 9.59 Å². The Balaban J connectivity index is 1.72. The Hall–Kier alpha value is -2.44. The average Bonchev–Trinajstić information content (AvgIpc) is 3.08. The lowest BCUT2D eigenvalue weighted by Gasteiger charge is -2.24. The summed E-state index contributed by atoms with van der Waals surface area (Å²) in [5, 5.41) is 10.9. The van der Waals surface area contributed by atoms with E-state index in [0.717, 1.165) is 17.5 Å². The predicted molar refractivity (Wildman–Crippen MR) is 86.0 cm³/mol. The fraction of sp³-hybridized carbons (Fsp3) is 0.500. The molecule has 3 rings (SSSR count). The van der Waals surface area contributed by atoms with Gasteiger partial charge in [-0.2, -0.15) is 5.10 Å². The first-order chi connectivity index (χ1) is 10.9. The molecule has 122 valence electrons. The van der Waals surface area contributed by atoms with Crippen LogP contribution in [0.4, 0.5) is 0 Å². The second-order valence-electron chi connectivity index (χ2n) is 6.61. The molecule has 0 aromatic carbocycles. The molecule has 2 amide bonds. The van der Waals surface area contributed by atoms with E-state index in [4.69, 9.17) is 0 Å². The zero-order valence-electron chi connectivity index (χ0n) is 13.6. The fourth-order valence-corrected chi connectivity index (χ4v) is 2.80. The Labute approximate surface area is 134 Å². The molecule has 1 aliphatic rings. The van der Waals surface area contributed by atoms with E-state index < -0.39 is 0 Å². The van der Waals surface area contributed by atoms with Crippen LogP contribution in [0.15, 0.2) is 18.5 Å². The number of rotatable bonds is 4. The highest BCUT2D eigenvalue weighted by Gasteiger charge is 2.33. The molecule has 0 aliphatic carbocycles. The van der Waals surface area contributed by atoms with Gasteiger partial charge in [-0.1, -0.05) is 0 Å². The third kappa shape index (κ3) is 3.04. The topological polar surface area (TPSA) is 88.9 Å². The quantitative estimate of drug-likeness (QED) is 0.893. The van der Waals surface area contributed by atoms with Crippen molar-refractivity contribution in [2.45, 2.75) is 45.2 Å². The zero-order valence-corrected chi connectivity index (χ0v) is 13.6. The van der Waals surface area contributed by atoms with Crippen molar-refractivity contribution in [2.75, 3.05) is 6.54 Å². The third-order valence-corrected chi connectivity index (χ3v) is 4.17. The van der Waals surface area contributed by atoms with E-state index in [1.54, 1.807) is 18.5 Å². The average molecular weight is 315 g/mol. The summed E-state index contributed by atoms with van der Waals surface area (Å²) in [7, 11) is 0. The van der Waals surface area contributed by atoms with Gasteiger partial charge in [0.15, 0.2) is 5.65 Å². The van der Waals surface area contributed by atoms with Crippen LogP contribution in [0.3, 0.4) is 0 Å². The van der Waals surface area contributed by atoms with Crippen molar-refractivity contribution in [1.82, 2.24) is 25.4 Å². The van der Waals surface area contributed by atoms with Gasteiger partial charge in [0, 0.05) is 30.6 Å². The molecule has 1 unspecified atom stereocenters. The standard InChI is InChI=1S/C16H21N5O2/c1-10(2)21-14-11(8-19-21)6-12(7-17-14)15(23)18-9-16(3)5-4-13(22)20-16/h6-8,10H,4-5,9H2,1-3H3,(H,18,23)(H,20,22). The molecular weight excluding hydrogens is 294 g/mol. The second-order valence-corrected chi connectivity index (χ2v) is 6.61. The first-order valence-corrected chi connectivity index (χ1v) is 7.80. The van der Waals surface area contributed by atoms with Crippen molar-refractivity contribution in [3.8, 4) is 0 Å². The molecule has 0 bridgehead atoms. The van der Waals surface area contributed by atoms with Gasteiger partial charge in [-0.3, -0.25) is 9.59 Å². The fourth-order valence-electron chi connectivity index (χ4n) is 2.80. The highest BCUT2D eigenvalue weighted by Crippen LogP contribution is 2.19. The third-order valence-electron chi connectivity index (χ3n) is 4.17. The van der Waals surface area contributed by atoms with Gasteiger partial charge in [0.2, 0.25) is 5.91 Å². The van der Waals surface area contributed by atoms with Crippen molar-refractivity contribution in [2.24, 2.45) is 0 Å². The molecule has 2 aromatic rings. The van der Waals surface area contributed by atoms with Gasteiger partial charge in [0.05, 0.1) is 17.3 Å². The van der Waals surface area contributed by atoms with Gasteiger partial charge in [-0.25, -0.2) is 9.67 Å². The molecule has 7 nitrogen and oxygen atoms in total. The van der Waals surface area contributed by atoms with Crippen molar-refractivity contribution < 1.29 is 9.59 Å². The molecule has 2 N–H and O–H groups in total. The molecule has 0 spiro atoms. The number of fused-ring (bicyclic) bond motifs is 1. The lowest BCUT2D eigenvalue weighted by atomic mass is 10.0. The van der Waals surface area contributed by atoms with E-state index in [-0.39, 0.29) is 23.4 Å². The monoisotopic (exact) mass is 315 g/mol. The van der Waals surface area contributed by atoms with Crippen LogP contribution >= 0.6 is 0 Å². The minimum absolute atomic E-state index is 0.0333. The highest BCUT2D eigenvalue weighted by molar-refractivity contribution is 5.96. The van der Waals surface area contributed by atoms with Crippen molar-refractivity contribution in [3.05, 3.63) is 24.0 Å². The smallest absolute Gasteiger partial charge is 0.252 e. The number of hydrogen-bond donors (Lipinski definition) is 2. The number of amides is 2. The number of hydrogen-bond acceptors (Lipinski definition) is 4. The van der Waals surface area contributed by atoms with Gasteiger partial charge in [0.25, 0.3) is 5.91 Å². The maximum absolute atomic E-state index is 12.3. The molecule has 0 saturated carbocycles. The molecule has 1 atom stereocenters. The van der Waals surface area contributed by atoms with E-state index in [1.165, 1.54) is 0 Å². The molecule has 1 aliphatic heterocycles. The highest BCUT2D eigenvalue weighted by atomic mass is 16.2. The van der Waals surface area contributed by atoms with E-state index >= 15 is 0 Å². The maximum atomic E-state index is 12.3. The van der Waals surface area contributed by atoms with Crippen LogP contribution in [0, 0.1) is 0 Å². The van der Waals surface area contributed by atoms with Crippen molar-refractivity contribution in [1.29, 1.82) is 0 Å². The Morgan fingerprint density at radius 1 is 1.48 bits per heavy atom. The summed E-state index contributed by atoms with van der Waals surface area (Å²) in [5.74, 6) is -0.162. The number of pyridine rings is 1. The van der Waals surface area contributed by atoms with Crippen LogP contribution in [-0.4, -0.2) is 38.7 Å². The Bertz CT molecular complexity index is 767. The summed E-state index contributed by atoms with van der Waals surface area (Å²) < 4.78 is 1.83. The van der Waals surface area contributed by atoms with Crippen LogP contribution in [-0.2, 0) is 4.79 Å². The normalized spacial score (nSPS) is 21.0. The first-order valence-electron chi connectivity index (χ1n) is 7.80. The molecule has 3 heterocycles. The van der Waals surface area contributed by atoms with Crippen LogP contribution in [0.5, 0.6) is 0 Å². The predicted octanol–water partition coefficient (Wildman–Crippen LogP) is 1.41. The summed E-state index contributed by atoms with van der Waals surface area (Å²) in [4.78, 5) is 28.0. The molecule has 23 heavy (non-hydrogen) atoms. The van der Waals surface area contributed by atoms with E-state index in [1.807, 2.05) is 25.5 Å². The first kappa shape index (κ1) is 15.5. The molecular formula is C16H21N5O2. The number of carbonyl (C=O) groups is 2. The van der Waals surface area contributed by atoms with Crippen LogP contribution in [0.1, 0.15) is 50.0 Å². The molecule has 1 saturated heterocycles. The van der Waals surface area contributed by atoms with Crippen molar-refractivity contribution >= 4 is 22.8 Å². The van der Waals surface area contributed by atoms with Crippen LogP contribution in [0.25, 0.3) is 11.0 Å². The summed E-state index contributed by atoms with van der Waals surface area (Å²) in [5.41, 5.74) is 0.896. The minimum atomic E-state index is -0.368. The van der Waals surface area contributed by atoms with E-state index in [2.05, 4.69) is 20.7 Å². The Kier molecular flexibility index (Phi) is 3.79. The number of nitrogens with zero attached hydrogens (tertiary/aromatic N) is 3. The summed E-state index contributed by atoms with van der Waals surface area (Å²) in [6.07, 6.45) is 4.52. The van der Waals surface area contributed by atoms with Gasteiger partial charge >= 0.3 is 0 Å². The van der Waals surface area contributed by atoms with Gasteiger partial charge in [0.1, 0.15) is 0 Å². The molecule has 7 heteroatoms. The van der Waals surface area contributed by atoms with Crippen molar-refractivity contribution in [3.63, 3.8) is 0 Å². The van der Waals surface area contributed by atoms with Gasteiger partial charge in [-0.15, -0.1) is 0 Å². The molecule has 1 fully saturated rings. The SMILES string of the molecule is CC(C)n1ncc2cc(C(=O)NCC3(C)CCC(=O)N3)cnc21. The summed E-state index contributed by atoms with van der Waals surface area (Å²) in [6, 6.07) is 2.00.